The van der Waals surface area contributed by atoms with E-state index in [1.54, 1.807) is 0 Å². The normalized spacial score (nSPS) is 11.2. The van der Waals surface area contributed by atoms with Gasteiger partial charge in [0.2, 0.25) is 0 Å². The van der Waals surface area contributed by atoms with Crippen molar-refractivity contribution in [1.82, 2.24) is 0 Å². The van der Waals surface area contributed by atoms with Gasteiger partial charge in [-0.1, -0.05) is 40.9 Å². The predicted octanol–water partition coefficient (Wildman–Crippen LogP) is 5.68. The van der Waals surface area contributed by atoms with Crippen molar-refractivity contribution < 1.29 is 22.7 Å². The van der Waals surface area contributed by atoms with Crippen LogP contribution in [0.4, 0.5) is 18.9 Å². The van der Waals surface area contributed by atoms with Gasteiger partial charge in [0, 0.05) is 5.02 Å². The number of benzene rings is 2. The molecular weight excluding hydrogens is 390 g/mol. The number of hydrogen-bond donors (Lipinski definition) is 1. The molecular formula is C15H9Cl3F3NO2. The molecule has 0 aliphatic carbocycles. The van der Waals surface area contributed by atoms with Crippen molar-refractivity contribution in [2.45, 2.75) is 6.18 Å². The Morgan fingerprint density at radius 1 is 1.08 bits per heavy atom. The summed E-state index contributed by atoms with van der Waals surface area (Å²) >= 11 is 17.3. The van der Waals surface area contributed by atoms with Crippen molar-refractivity contribution in [3.8, 4) is 5.75 Å². The van der Waals surface area contributed by atoms with Crippen LogP contribution in [0.5, 0.6) is 5.75 Å². The molecule has 0 unspecified atom stereocenters. The molecule has 24 heavy (non-hydrogen) atoms. The SMILES string of the molecule is O=C(COc1ccc(Cl)cc1Cl)Nc1c(Cl)cccc1C(F)(F)F. The monoisotopic (exact) mass is 397 g/mol. The van der Waals surface area contributed by atoms with E-state index in [1.165, 1.54) is 24.3 Å². The molecule has 0 aliphatic heterocycles. The molecule has 0 aromatic heterocycles. The van der Waals surface area contributed by atoms with E-state index in [2.05, 4.69) is 5.32 Å². The van der Waals surface area contributed by atoms with Gasteiger partial charge in [0.15, 0.2) is 6.61 Å². The summed E-state index contributed by atoms with van der Waals surface area (Å²) in [6.07, 6.45) is -4.66. The number of ether oxygens (including phenoxy) is 1. The van der Waals surface area contributed by atoms with Crippen molar-refractivity contribution >= 4 is 46.4 Å². The van der Waals surface area contributed by atoms with Crippen molar-refractivity contribution in [1.29, 1.82) is 0 Å². The molecule has 0 saturated heterocycles. The first-order valence-corrected chi connectivity index (χ1v) is 7.55. The summed E-state index contributed by atoms with van der Waals surface area (Å²) in [7, 11) is 0. The third-order valence-electron chi connectivity index (χ3n) is 2.84. The van der Waals surface area contributed by atoms with E-state index in [9.17, 15) is 18.0 Å². The Hall–Kier alpha value is -1.63. The van der Waals surface area contributed by atoms with Gasteiger partial charge in [0.25, 0.3) is 5.91 Å². The molecule has 2 rings (SSSR count). The molecule has 0 bridgehead atoms. The van der Waals surface area contributed by atoms with Crippen LogP contribution < -0.4 is 10.1 Å². The fraction of sp³-hybridized carbons (Fsp3) is 0.133. The standard InChI is InChI=1S/C15H9Cl3F3NO2/c16-8-4-5-12(11(18)6-8)24-7-13(23)22-14-9(15(19,20)21)2-1-3-10(14)17/h1-6H,7H2,(H,22,23). The zero-order valence-corrected chi connectivity index (χ0v) is 14.0. The van der Waals surface area contributed by atoms with Crippen LogP contribution in [0.2, 0.25) is 15.1 Å². The fourth-order valence-electron chi connectivity index (χ4n) is 1.80. The molecule has 3 nitrogen and oxygen atoms in total. The van der Waals surface area contributed by atoms with Crippen LogP contribution >= 0.6 is 34.8 Å². The number of hydrogen-bond acceptors (Lipinski definition) is 2. The molecule has 0 atom stereocenters. The van der Waals surface area contributed by atoms with Crippen LogP contribution in [-0.4, -0.2) is 12.5 Å². The first kappa shape index (κ1) is 18.7. The van der Waals surface area contributed by atoms with Crippen LogP contribution in [0.25, 0.3) is 0 Å². The molecule has 9 heteroatoms. The first-order chi connectivity index (χ1) is 11.2. The zero-order valence-electron chi connectivity index (χ0n) is 11.8. The lowest BCUT2D eigenvalue weighted by Crippen LogP contribution is -2.22. The summed E-state index contributed by atoms with van der Waals surface area (Å²) in [6.45, 7) is -0.552. The number of rotatable bonds is 4. The quantitative estimate of drug-likeness (QED) is 0.719. The minimum atomic E-state index is -4.66. The second-order valence-electron chi connectivity index (χ2n) is 4.57. The van der Waals surface area contributed by atoms with Crippen LogP contribution in [-0.2, 0) is 11.0 Å². The van der Waals surface area contributed by atoms with Gasteiger partial charge in [-0.05, 0) is 30.3 Å². The summed E-state index contributed by atoms with van der Waals surface area (Å²) in [5.74, 6) is -0.647. The summed E-state index contributed by atoms with van der Waals surface area (Å²) in [5.41, 5.74) is -1.57. The molecule has 0 heterocycles. The minimum absolute atomic E-state index is 0.170. The summed E-state index contributed by atoms with van der Waals surface area (Å²) < 4.78 is 44.0. The Balaban J connectivity index is 2.10. The Morgan fingerprint density at radius 2 is 1.79 bits per heavy atom. The van der Waals surface area contributed by atoms with E-state index >= 15 is 0 Å². The average molecular weight is 399 g/mol. The van der Waals surface area contributed by atoms with Gasteiger partial charge in [-0.15, -0.1) is 0 Å². The Kier molecular flexibility index (Phi) is 5.85. The molecule has 0 aliphatic rings. The largest absolute Gasteiger partial charge is 0.482 e. The van der Waals surface area contributed by atoms with Gasteiger partial charge in [-0.3, -0.25) is 4.79 Å². The summed E-state index contributed by atoms with van der Waals surface area (Å²) in [5, 5.41) is 2.42. The van der Waals surface area contributed by atoms with Crippen molar-refractivity contribution in [3.05, 3.63) is 57.0 Å². The smallest absolute Gasteiger partial charge is 0.418 e. The minimum Gasteiger partial charge on any atom is -0.482 e. The maximum Gasteiger partial charge on any atom is 0.418 e. The highest BCUT2D eigenvalue weighted by Crippen LogP contribution is 2.38. The number of alkyl halides is 3. The fourth-order valence-corrected chi connectivity index (χ4v) is 2.48. The molecule has 1 amide bonds. The van der Waals surface area contributed by atoms with Crippen LogP contribution in [0.1, 0.15) is 5.56 Å². The Labute approximate surface area is 150 Å². The van der Waals surface area contributed by atoms with E-state index in [1.807, 2.05) is 0 Å². The van der Waals surface area contributed by atoms with Crippen molar-refractivity contribution in [3.63, 3.8) is 0 Å². The third-order valence-corrected chi connectivity index (χ3v) is 3.68. The third kappa shape index (κ3) is 4.69. The van der Waals surface area contributed by atoms with Gasteiger partial charge >= 0.3 is 6.18 Å². The Morgan fingerprint density at radius 3 is 2.42 bits per heavy atom. The van der Waals surface area contributed by atoms with Crippen molar-refractivity contribution in [2.24, 2.45) is 0 Å². The van der Waals surface area contributed by atoms with Crippen LogP contribution in [0.15, 0.2) is 36.4 Å². The summed E-state index contributed by atoms with van der Waals surface area (Å²) in [4.78, 5) is 11.9. The Bertz CT molecular complexity index is 766. The lowest BCUT2D eigenvalue weighted by Gasteiger charge is -2.15. The molecule has 0 saturated carbocycles. The maximum absolute atomic E-state index is 12.9. The van der Waals surface area contributed by atoms with Gasteiger partial charge in [0.05, 0.1) is 21.3 Å². The summed E-state index contributed by atoms with van der Waals surface area (Å²) in [6, 6.07) is 7.55. The second-order valence-corrected chi connectivity index (χ2v) is 5.82. The molecule has 0 radical (unpaired) electrons. The van der Waals surface area contributed by atoms with E-state index in [4.69, 9.17) is 39.5 Å². The van der Waals surface area contributed by atoms with Crippen molar-refractivity contribution in [2.75, 3.05) is 11.9 Å². The lowest BCUT2D eigenvalue weighted by atomic mass is 10.1. The number of amides is 1. The van der Waals surface area contributed by atoms with Gasteiger partial charge in [-0.2, -0.15) is 13.2 Å². The number of carbonyl (C=O) groups is 1. The predicted molar refractivity (Wildman–Crippen MR) is 87.0 cm³/mol. The van der Waals surface area contributed by atoms with E-state index in [0.29, 0.717) is 5.02 Å². The van der Waals surface area contributed by atoms with E-state index < -0.39 is 29.9 Å². The maximum atomic E-state index is 12.9. The highest BCUT2D eigenvalue weighted by Gasteiger charge is 2.34. The average Bonchev–Trinajstić information content (AvgIpc) is 2.47. The number of halogens is 6. The van der Waals surface area contributed by atoms with E-state index in [0.717, 1.165) is 12.1 Å². The molecule has 0 spiro atoms. The molecule has 128 valence electrons. The molecule has 2 aromatic carbocycles. The highest BCUT2D eigenvalue weighted by atomic mass is 35.5. The molecule has 0 fully saturated rings. The van der Waals surface area contributed by atoms with Gasteiger partial charge in [-0.25, -0.2) is 0 Å². The highest BCUT2D eigenvalue weighted by molar-refractivity contribution is 6.35. The second kappa shape index (κ2) is 7.51. The number of para-hydroxylation sites is 1. The number of anilines is 1. The first-order valence-electron chi connectivity index (χ1n) is 6.42. The van der Waals surface area contributed by atoms with Gasteiger partial charge < -0.3 is 10.1 Å². The number of carbonyl (C=O) groups excluding carboxylic acids is 1. The zero-order chi connectivity index (χ0) is 17.9. The topological polar surface area (TPSA) is 38.3 Å². The van der Waals surface area contributed by atoms with E-state index in [-0.39, 0.29) is 15.8 Å². The van der Waals surface area contributed by atoms with Crippen LogP contribution in [0.3, 0.4) is 0 Å². The molecule has 2 aromatic rings. The van der Waals surface area contributed by atoms with Gasteiger partial charge in [0.1, 0.15) is 5.75 Å². The lowest BCUT2D eigenvalue weighted by molar-refractivity contribution is -0.137. The number of nitrogens with one attached hydrogen (secondary N) is 1. The molecule has 1 N–H and O–H groups in total. The van der Waals surface area contributed by atoms with Crippen LogP contribution in [0, 0.1) is 0 Å².